The minimum atomic E-state index is -1.30. The van der Waals surface area contributed by atoms with Crippen LogP contribution < -0.4 is 5.32 Å². The predicted octanol–water partition coefficient (Wildman–Crippen LogP) is 1.47. The predicted molar refractivity (Wildman–Crippen MR) is 126 cm³/mol. The Kier molecular flexibility index (Phi) is 9.95. The molecule has 0 aromatic heterocycles. The minimum absolute atomic E-state index is 0.0310. The van der Waals surface area contributed by atoms with Gasteiger partial charge in [0.2, 0.25) is 5.91 Å². The molecule has 3 N–H and O–H groups in total. The Hall–Kier alpha value is -3.08. The molecule has 35 heavy (non-hydrogen) atoms. The van der Waals surface area contributed by atoms with Crippen molar-refractivity contribution in [3.05, 3.63) is 83.9 Å². The number of hydrogen-bond donors (Lipinski definition) is 3. The minimum Gasteiger partial charge on any atom is -0.457 e. The summed E-state index contributed by atoms with van der Waals surface area (Å²) in [4.78, 5) is 24.3. The lowest BCUT2D eigenvalue weighted by Gasteiger charge is -2.44. The number of ether oxygens (including phenoxy) is 4. The summed E-state index contributed by atoms with van der Waals surface area (Å²) in [6.07, 6.45) is -4.40. The number of aliphatic hydroxyl groups excluding tert-OH is 2. The average Bonchev–Trinajstić information content (AvgIpc) is 2.87. The summed E-state index contributed by atoms with van der Waals surface area (Å²) >= 11 is 0. The summed E-state index contributed by atoms with van der Waals surface area (Å²) in [5.41, 5.74) is 1.73. The largest absolute Gasteiger partial charge is 0.457 e. The third kappa shape index (κ3) is 7.71. The van der Waals surface area contributed by atoms with Crippen molar-refractivity contribution in [2.75, 3.05) is 13.2 Å². The fourth-order valence-electron chi connectivity index (χ4n) is 3.63. The molecule has 5 atom stereocenters. The number of carbonyl (C=O) groups is 2. The highest BCUT2D eigenvalue weighted by Crippen LogP contribution is 2.26. The molecule has 2 aromatic rings. The van der Waals surface area contributed by atoms with E-state index in [1.54, 1.807) is 0 Å². The van der Waals surface area contributed by atoms with Crippen molar-refractivity contribution >= 4 is 11.9 Å². The average molecular weight is 486 g/mol. The quantitative estimate of drug-likeness (QED) is 0.323. The highest BCUT2D eigenvalue weighted by Gasteiger charge is 2.47. The van der Waals surface area contributed by atoms with Gasteiger partial charge in [0, 0.05) is 6.92 Å². The second-order valence-electron chi connectivity index (χ2n) is 8.18. The van der Waals surface area contributed by atoms with Crippen LogP contribution in [0.15, 0.2) is 72.8 Å². The summed E-state index contributed by atoms with van der Waals surface area (Å²) in [6.45, 7) is 4.51. The molecule has 9 heteroatoms. The summed E-state index contributed by atoms with van der Waals surface area (Å²) < 4.78 is 22.7. The van der Waals surface area contributed by atoms with E-state index in [1.165, 1.54) is 6.92 Å². The molecule has 1 saturated heterocycles. The van der Waals surface area contributed by atoms with E-state index in [1.807, 2.05) is 60.7 Å². The lowest BCUT2D eigenvalue weighted by atomic mass is 9.96. The molecule has 188 valence electrons. The van der Waals surface area contributed by atoms with Crippen LogP contribution in [-0.2, 0) is 41.8 Å². The maximum atomic E-state index is 12.4. The van der Waals surface area contributed by atoms with E-state index in [2.05, 4.69) is 11.9 Å². The Bertz CT molecular complexity index is 968. The molecule has 1 amide bonds. The van der Waals surface area contributed by atoms with Gasteiger partial charge in [-0.15, -0.1) is 0 Å². The van der Waals surface area contributed by atoms with Gasteiger partial charge in [0.15, 0.2) is 6.29 Å². The van der Waals surface area contributed by atoms with Crippen LogP contribution in [0.25, 0.3) is 0 Å². The number of rotatable bonds is 11. The molecular formula is C26H31NO8. The lowest BCUT2D eigenvalue weighted by Crippen LogP contribution is -2.65. The Balaban J connectivity index is 1.65. The molecule has 1 aliphatic heterocycles. The van der Waals surface area contributed by atoms with Gasteiger partial charge in [0.05, 0.1) is 25.4 Å². The first-order valence-corrected chi connectivity index (χ1v) is 11.3. The van der Waals surface area contributed by atoms with E-state index in [-0.39, 0.29) is 25.4 Å². The molecule has 1 fully saturated rings. The number of esters is 1. The topological polar surface area (TPSA) is 124 Å². The summed E-state index contributed by atoms with van der Waals surface area (Å²) in [5.74, 6) is -1.04. The molecule has 2 aromatic carbocycles. The van der Waals surface area contributed by atoms with Crippen molar-refractivity contribution < 1.29 is 38.7 Å². The van der Waals surface area contributed by atoms with E-state index in [0.29, 0.717) is 0 Å². The zero-order valence-electron chi connectivity index (χ0n) is 19.5. The van der Waals surface area contributed by atoms with Gasteiger partial charge in [0.25, 0.3) is 0 Å². The van der Waals surface area contributed by atoms with Crippen LogP contribution in [0.1, 0.15) is 18.1 Å². The first-order valence-electron chi connectivity index (χ1n) is 11.3. The normalized spacial score (nSPS) is 23.9. The number of hydrogen-bond acceptors (Lipinski definition) is 8. The molecular weight excluding hydrogens is 454 g/mol. The van der Waals surface area contributed by atoms with Crippen molar-refractivity contribution in [3.63, 3.8) is 0 Å². The van der Waals surface area contributed by atoms with Gasteiger partial charge in [-0.2, -0.15) is 0 Å². The number of nitrogens with one attached hydrogen (secondary N) is 1. The van der Waals surface area contributed by atoms with E-state index >= 15 is 0 Å². The molecule has 9 nitrogen and oxygen atoms in total. The van der Waals surface area contributed by atoms with E-state index in [0.717, 1.165) is 11.1 Å². The van der Waals surface area contributed by atoms with Crippen LogP contribution in [0.4, 0.5) is 0 Å². The zero-order valence-corrected chi connectivity index (χ0v) is 19.5. The van der Waals surface area contributed by atoms with E-state index in [9.17, 15) is 19.8 Å². The number of amides is 1. The van der Waals surface area contributed by atoms with Gasteiger partial charge in [0.1, 0.15) is 31.0 Å². The maximum Gasteiger partial charge on any atom is 0.336 e. The Morgan fingerprint density at radius 3 is 2.17 bits per heavy atom. The molecule has 3 rings (SSSR count). The molecule has 0 spiro atoms. The molecule has 1 aliphatic rings. The summed E-state index contributed by atoms with van der Waals surface area (Å²) in [7, 11) is 0. The van der Waals surface area contributed by atoms with Crippen LogP contribution in [0.2, 0.25) is 0 Å². The van der Waals surface area contributed by atoms with Crippen molar-refractivity contribution in [2.24, 2.45) is 0 Å². The van der Waals surface area contributed by atoms with Crippen LogP contribution in [0, 0.1) is 0 Å². The highest BCUT2D eigenvalue weighted by atomic mass is 16.7. The summed E-state index contributed by atoms with van der Waals surface area (Å²) in [6, 6.07) is 17.6. The number of carbonyl (C=O) groups excluding carboxylic acids is 2. The second kappa shape index (κ2) is 13.1. The van der Waals surface area contributed by atoms with E-state index in [4.69, 9.17) is 18.9 Å². The third-order valence-corrected chi connectivity index (χ3v) is 5.43. The van der Waals surface area contributed by atoms with Crippen LogP contribution >= 0.6 is 0 Å². The maximum absolute atomic E-state index is 12.4. The molecule has 0 saturated carbocycles. The van der Waals surface area contributed by atoms with Crippen molar-refractivity contribution in [1.29, 1.82) is 0 Å². The van der Waals surface area contributed by atoms with Gasteiger partial charge < -0.3 is 34.5 Å². The van der Waals surface area contributed by atoms with Crippen LogP contribution in [0.5, 0.6) is 0 Å². The van der Waals surface area contributed by atoms with E-state index < -0.39 is 49.1 Å². The highest BCUT2D eigenvalue weighted by molar-refractivity contribution is 5.87. The Labute approximate surface area is 204 Å². The van der Waals surface area contributed by atoms with Crippen LogP contribution in [-0.4, -0.2) is 65.9 Å². The first-order chi connectivity index (χ1) is 16.9. The standard InChI is InChI=1S/C26H31NO8/c1-17(25(31)33-15-19-9-5-3-6-10-19)14-32-24-22(27-18(2)29)26(35-21(13-28)23(24)30)34-16-20-11-7-4-8-12-20/h3-12,21-24,26,28,30H,1,13-16H2,2H3,(H,27,29)/t21-,22+,23-,24-,26-/m1/s1. The fraction of sp³-hybridized carbons (Fsp3) is 0.385. The molecule has 0 radical (unpaired) electrons. The smallest absolute Gasteiger partial charge is 0.336 e. The number of aliphatic hydroxyl groups is 2. The number of benzene rings is 2. The van der Waals surface area contributed by atoms with Gasteiger partial charge in [-0.3, -0.25) is 4.79 Å². The van der Waals surface area contributed by atoms with Gasteiger partial charge in [-0.25, -0.2) is 4.79 Å². The fourth-order valence-corrected chi connectivity index (χ4v) is 3.63. The van der Waals surface area contributed by atoms with Crippen LogP contribution in [0.3, 0.4) is 0 Å². The molecule has 0 unspecified atom stereocenters. The first kappa shape index (κ1) is 26.5. The lowest BCUT2D eigenvalue weighted by molar-refractivity contribution is -0.279. The van der Waals surface area contributed by atoms with Gasteiger partial charge in [-0.05, 0) is 11.1 Å². The van der Waals surface area contributed by atoms with Crippen molar-refractivity contribution in [3.8, 4) is 0 Å². The molecule has 0 bridgehead atoms. The van der Waals surface area contributed by atoms with Crippen molar-refractivity contribution in [1.82, 2.24) is 5.32 Å². The summed E-state index contributed by atoms with van der Waals surface area (Å²) in [5, 5.41) is 23.2. The Morgan fingerprint density at radius 1 is 1.00 bits per heavy atom. The Morgan fingerprint density at radius 2 is 1.60 bits per heavy atom. The van der Waals surface area contributed by atoms with Gasteiger partial charge >= 0.3 is 5.97 Å². The molecule has 1 heterocycles. The SMILES string of the molecule is C=C(CO[C@H]1[C@H](O)[C@@H](CO)O[C@@H](OCc2ccccc2)[C@H]1NC(C)=O)C(=O)OCc1ccccc1. The zero-order chi connectivity index (χ0) is 25.2. The monoisotopic (exact) mass is 485 g/mol. The molecule has 0 aliphatic carbocycles. The third-order valence-electron chi connectivity index (χ3n) is 5.43. The van der Waals surface area contributed by atoms with Crippen molar-refractivity contribution in [2.45, 2.75) is 50.8 Å². The van der Waals surface area contributed by atoms with Gasteiger partial charge in [-0.1, -0.05) is 67.2 Å². The second-order valence-corrected chi connectivity index (χ2v) is 8.18.